The van der Waals surface area contributed by atoms with Crippen LogP contribution in [0.25, 0.3) is 0 Å². The Morgan fingerprint density at radius 1 is 1.36 bits per heavy atom. The van der Waals surface area contributed by atoms with Crippen LogP contribution in [0.15, 0.2) is 0 Å². The second-order valence-corrected chi connectivity index (χ2v) is 4.36. The second-order valence-electron chi connectivity index (χ2n) is 3.57. The molecule has 1 rings (SSSR count). The summed E-state index contributed by atoms with van der Waals surface area (Å²) in [4.78, 5) is 2.57. The van der Waals surface area contributed by atoms with Gasteiger partial charge in [-0.2, -0.15) is 0 Å². The zero-order chi connectivity index (χ0) is 8.10. The van der Waals surface area contributed by atoms with E-state index in [2.05, 4.69) is 27.8 Å². The van der Waals surface area contributed by atoms with E-state index in [-0.39, 0.29) is 0 Å². The first kappa shape index (κ1) is 9.53. The van der Waals surface area contributed by atoms with Gasteiger partial charge in [-0.25, -0.2) is 0 Å². The van der Waals surface area contributed by atoms with Crippen molar-refractivity contribution in [3.8, 4) is 0 Å². The summed E-state index contributed by atoms with van der Waals surface area (Å²) < 4.78 is 0. The first-order chi connectivity index (χ1) is 5.33. The van der Waals surface area contributed by atoms with Crippen LogP contribution in [0, 0.1) is 5.92 Å². The molecule has 0 aromatic rings. The predicted octanol–water partition coefficient (Wildman–Crippen LogP) is 2.50. The van der Waals surface area contributed by atoms with Crippen LogP contribution >= 0.6 is 15.9 Å². The van der Waals surface area contributed by atoms with Gasteiger partial charge >= 0.3 is 0 Å². The SMILES string of the molecule is CC1CCCN(CCBr)CC1. The molecular weight excluding hydrogens is 202 g/mol. The summed E-state index contributed by atoms with van der Waals surface area (Å²) in [5, 5.41) is 1.13. The molecule has 1 aliphatic rings. The fraction of sp³-hybridized carbons (Fsp3) is 1.00. The van der Waals surface area contributed by atoms with Gasteiger partial charge in [0, 0.05) is 11.9 Å². The number of nitrogens with zero attached hydrogens (tertiary/aromatic N) is 1. The summed E-state index contributed by atoms with van der Waals surface area (Å²) in [5.74, 6) is 0.954. The molecule has 0 amide bonds. The Labute approximate surface area is 78.3 Å². The van der Waals surface area contributed by atoms with Crippen LogP contribution in [0.2, 0.25) is 0 Å². The quantitative estimate of drug-likeness (QED) is 0.646. The van der Waals surface area contributed by atoms with Crippen molar-refractivity contribution in [3.63, 3.8) is 0 Å². The van der Waals surface area contributed by atoms with Gasteiger partial charge in [-0.15, -0.1) is 0 Å². The Hall–Kier alpha value is 0.440. The van der Waals surface area contributed by atoms with Gasteiger partial charge in [0.2, 0.25) is 0 Å². The minimum atomic E-state index is 0.954. The number of alkyl halides is 1. The zero-order valence-electron chi connectivity index (χ0n) is 7.35. The summed E-state index contributed by atoms with van der Waals surface area (Å²) in [6.07, 6.45) is 4.22. The molecule has 1 atom stereocenters. The van der Waals surface area contributed by atoms with Gasteiger partial charge in [0.15, 0.2) is 0 Å². The lowest BCUT2D eigenvalue weighted by Gasteiger charge is -2.17. The van der Waals surface area contributed by atoms with E-state index >= 15 is 0 Å². The normalized spacial score (nSPS) is 28.4. The van der Waals surface area contributed by atoms with Crippen molar-refractivity contribution in [3.05, 3.63) is 0 Å². The highest BCUT2D eigenvalue weighted by Gasteiger charge is 2.12. The highest BCUT2D eigenvalue weighted by atomic mass is 79.9. The van der Waals surface area contributed by atoms with Crippen molar-refractivity contribution in [2.75, 3.05) is 25.0 Å². The van der Waals surface area contributed by atoms with Crippen molar-refractivity contribution >= 4 is 15.9 Å². The summed E-state index contributed by atoms with van der Waals surface area (Å²) >= 11 is 3.48. The third kappa shape index (κ3) is 3.57. The lowest BCUT2D eigenvalue weighted by atomic mass is 10.0. The average molecular weight is 220 g/mol. The lowest BCUT2D eigenvalue weighted by Crippen LogP contribution is -2.26. The van der Waals surface area contributed by atoms with Gasteiger partial charge in [0.05, 0.1) is 0 Å². The Bertz CT molecular complexity index is 106. The fourth-order valence-electron chi connectivity index (χ4n) is 1.67. The van der Waals surface area contributed by atoms with E-state index in [9.17, 15) is 0 Å². The maximum absolute atomic E-state index is 3.48. The summed E-state index contributed by atoms with van der Waals surface area (Å²) in [5.41, 5.74) is 0. The molecule has 0 N–H and O–H groups in total. The molecule has 0 bridgehead atoms. The molecule has 1 nitrogen and oxygen atoms in total. The number of hydrogen-bond acceptors (Lipinski definition) is 1. The molecule has 0 aromatic heterocycles. The van der Waals surface area contributed by atoms with Gasteiger partial charge in [0.25, 0.3) is 0 Å². The maximum atomic E-state index is 3.48. The number of likely N-dealkylation sites (tertiary alicyclic amines) is 1. The largest absolute Gasteiger partial charge is 0.302 e. The molecule has 1 saturated heterocycles. The van der Waals surface area contributed by atoms with Crippen LogP contribution in [0.4, 0.5) is 0 Å². The molecule has 0 aromatic carbocycles. The Morgan fingerprint density at radius 3 is 2.91 bits per heavy atom. The van der Waals surface area contributed by atoms with Crippen LogP contribution in [0.3, 0.4) is 0 Å². The molecule has 0 spiro atoms. The van der Waals surface area contributed by atoms with E-state index < -0.39 is 0 Å². The summed E-state index contributed by atoms with van der Waals surface area (Å²) in [6, 6.07) is 0. The topological polar surface area (TPSA) is 3.24 Å². The molecule has 2 heteroatoms. The predicted molar refractivity (Wildman–Crippen MR) is 53.2 cm³/mol. The van der Waals surface area contributed by atoms with Crippen molar-refractivity contribution in [1.82, 2.24) is 4.90 Å². The van der Waals surface area contributed by atoms with E-state index in [4.69, 9.17) is 0 Å². The monoisotopic (exact) mass is 219 g/mol. The van der Waals surface area contributed by atoms with Crippen molar-refractivity contribution < 1.29 is 0 Å². The number of rotatable bonds is 2. The van der Waals surface area contributed by atoms with Gasteiger partial charge < -0.3 is 4.90 Å². The molecule has 0 saturated carbocycles. The molecule has 1 heterocycles. The Kier molecular flexibility index (Phi) is 4.46. The van der Waals surface area contributed by atoms with E-state index in [0.29, 0.717) is 0 Å². The Balaban J connectivity index is 2.22. The Morgan fingerprint density at radius 2 is 2.18 bits per heavy atom. The lowest BCUT2D eigenvalue weighted by molar-refractivity contribution is 0.300. The minimum Gasteiger partial charge on any atom is -0.302 e. The van der Waals surface area contributed by atoms with Crippen molar-refractivity contribution in [2.24, 2.45) is 5.92 Å². The fourth-order valence-corrected chi connectivity index (χ4v) is 2.17. The first-order valence-electron chi connectivity index (χ1n) is 4.61. The van der Waals surface area contributed by atoms with Gasteiger partial charge in [-0.05, 0) is 38.3 Å². The molecular formula is C9H18BrN. The van der Waals surface area contributed by atoms with Gasteiger partial charge in [-0.1, -0.05) is 22.9 Å². The standard InChI is InChI=1S/C9H18BrN/c1-9-3-2-6-11(7-4-9)8-5-10/h9H,2-8H2,1H3. The second kappa shape index (κ2) is 5.15. The molecule has 0 radical (unpaired) electrons. The summed E-state index contributed by atoms with van der Waals surface area (Å²) in [7, 11) is 0. The zero-order valence-corrected chi connectivity index (χ0v) is 8.94. The number of hydrogen-bond donors (Lipinski definition) is 0. The highest BCUT2D eigenvalue weighted by molar-refractivity contribution is 9.09. The average Bonchev–Trinajstić information content (AvgIpc) is 2.17. The van der Waals surface area contributed by atoms with Crippen molar-refractivity contribution in [2.45, 2.75) is 26.2 Å². The highest BCUT2D eigenvalue weighted by Crippen LogP contribution is 2.15. The first-order valence-corrected chi connectivity index (χ1v) is 5.73. The molecule has 66 valence electrons. The molecule has 1 fully saturated rings. The minimum absolute atomic E-state index is 0.954. The maximum Gasteiger partial charge on any atom is 0.0159 e. The van der Waals surface area contributed by atoms with E-state index in [0.717, 1.165) is 11.2 Å². The van der Waals surface area contributed by atoms with E-state index in [1.54, 1.807) is 0 Å². The van der Waals surface area contributed by atoms with Crippen LogP contribution in [-0.4, -0.2) is 29.9 Å². The molecule has 0 aliphatic carbocycles. The van der Waals surface area contributed by atoms with Crippen molar-refractivity contribution in [1.29, 1.82) is 0 Å². The molecule has 1 unspecified atom stereocenters. The van der Waals surface area contributed by atoms with E-state index in [1.807, 2.05) is 0 Å². The van der Waals surface area contributed by atoms with Gasteiger partial charge in [0.1, 0.15) is 0 Å². The third-order valence-corrected chi connectivity index (χ3v) is 2.86. The van der Waals surface area contributed by atoms with Crippen LogP contribution in [0.1, 0.15) is 26.2 Å². The smallest absolute Gasteiger partial charge is 0.0159 e. The van der Waals surface area contributed by atoms with Crippen LogP contribution < -0.4 is 0 Å². The van der Waals surface area contributed by atoms with Crippen LogP contribution in [-0.2, 0) is 0 Å². The molecule has 1 aliphatic heterocycles. The molecule has 11 heavy (non-hydrogen) atoms. The third-order valence-electron chi connectivity index (χ3n) is 2.51. The summed E-state index contributed by atoms with van der Waals surface area (Å²) in [6.45, 7) is 6.23. The van der Waals surface area contributed by atoms with E-state index in [1.165, 1.54) is 38.9 Å². The van der Waals surface area contributed by atoms with Crippen LogP contribution in [0.5, 0.6) is 0 Å². The number of halogens is 1. The van der Waals surface area contributed by atoms with Gasteiger partial charge in [-0.3, -0.25) is 0 Å².